The highest BCUT2D eigenvalue weighted by Crippen LogP contribution is 2.66. The third kappa shape index (κ3) is 1.35. The molecule has 4 nitrogen and oxygen atoms in total. The molecule has 0 spiro atoms. The largest absolute Gasteiger partial charge is 0.465 e. The van der Waals surface area contributed by atoms with Crippen LogP contribution in [0.4, 0.5) is 5.69 Å². The molecule has 3 aliphatic rings. The number of hydrogen-bond acceptors (Lipinski definition) is 4. The number of ether oxygens (including phenoxy) is 1. The van der Waals surface area contributed by atoms with E-state index in [0.717, 1.165) is 19.3 Å². The number of benzene rings is 1. The van der Waals surface area contributed by atoms with E-state index in [9.17, 15) is 4.79 Å². The monoisotopic (exact) mass is 323 g/mol. The summed E-state index contributed by atoms with van der Waals surface area (Å²) in [5.74, 6) is 1.20. The molecule has 1 aromatic carbocycles. The lowest BCUT2D eigenvalue weighted by molar-refractivity contribution is -0.0695. The van der Waals surface area contributed by atoms with Crippen LogP contribution in [0.2, 0.25) is 0 Å². The normalized spacial score (nSPS) is 33.1. The van der Waals surface area contributed by atoms with E-state index in [1.54, 1.807) is 0 Å². The maximum atomic E-state index is 12.4. The van der Waals surface area contributed by atoms with Gasteiger partial charge < -0.3 is 14.1 Å². The highest BCUT2D eigenvalue weighted by molar-refractivity contribution is 5.68. The van der Waals surface area contributed by atoms with Crippen molar-refractivity contribution in [2.75, 3.05) is 11.9 Å². The molecular weight excluding hydrogens is 302 g/mol. The van der Waals surface area contributed by atoms with E-state index in [0.29, 0.717) is 11.5 Å². The summed E-state index contributed by atoms with van der Waals surface area (Å²) in [6.07, 6.45) is 5.76. The van der Waals surface area contributed by atoms with Gasteiger partial charge in [-0.3, -0.25) is 4.79 Å². The van der Waals surface area contributed by atoms with Crippen molar-refractivity contribution >= 4 is 5.69 Å². The van der Waals surface area contributed by atoms with Gasteiger partial charge in [-0.15, -0.1) is 0 Å². The molecule has 1 aromatic heterocycles. The van der Waals surface area contributed by atoms with Gasteiger partial charge in [0.15, 0.2) is 11.5 Å². The Morgan fingerprint density at radius 2 is 1.96 bits per heavy atom. The van der Waals surface area contributed by atoms with Gasteiger partial charge in [0.1, 0.15) is 0 Å². The van der Waals surface area contributed by atoms with Crippen LogP contribution in [0.25, 0.3) is 0 Å². The molecule has 0 unspecified atom stereocenters. The van der Waals surface area contributed by atoms with Gasteiger partial charge in [0, 0.05) is 31.1 Å². The fourth-order valence-corrected chi connectivity index (χ4v) is 5.55. The molecule has 4 heteroatoms. The van der Waals surface area contributed by atoms with Crippen molar-refractivity contribution in [3.8, 4) is 5.75 Å². The minimum absolute atomic E-state index is 0.0824. The molecule has 3 atom stereocenters. The minimum Gasteiger partial charge on any atom is -0.465 e. The Morgan fingerprint density at radius 1 is 1.17 bits per heavy atom. The standard InChI is InChI=1S/C20H21NO3/c1-13-17-18(16(22)9-12-23-17)24-20-11-6-5-10-19(13,20)14-7-3-4-8-15(14)21(20)2/h3-4,7-9,12-13H,5-6,10-11H2,1-2H3/t13-,19+,20+/m1/s1. The Morgan fingerprint density at radius 3 is 2.83 bits per heavy atom. The lowest BCUT2D eigenvalue weighted by atomic mass is 9.57. The summed E-state index contributed by atoms with van der Waals surface area (Å²) < 4.78 is 12.4. The smallest absolute Gasteiger partial charge is 0.227 e. The summed E-state index contributed by atoms with van der Waals surface area (Å²) in [6.45, 7) is 2.19. The van der Waals surface area contributed by atoms with Gasteiger partial charge in [-0.05, 0) is 24.5 Å². The minimum atomic E-state index is -0.489. The number of rotatable bonds is 0. The Bertz CT molecular complexity index is 888. The number of fused-ring (bicyclic) bond motifs is 2. The van der Waals surface area contributed by atoms with Crippen LogP contribution in [-0.4, -0.2) is 12.8 Å². The third-order valence-corrected chi connectivity index (χ3v) is 6.59. The second-order valence-electron chi connectivity index (χ2n) is 7.34. The van der Waals surface area contributed by atoms with E-state index in [2.05, 4.69) is 43.1 Å². The van der Waals surface area contributed by atoms with E-state index >= 15 is 0 Å². The van der Waals surface area contributed by atoms with Gasteiger partial charge in [0.05, 0.1) is 11.7 Å². The van der Waals surface area contributed by atoms with Crippen molar-refractivity contribution in [3.05, 3.63) is 58.1 Å². The summed E-state index contributed by atoms with van der Waals surface area (Å²) in [5.41, 5.74) is 1.81. The molecule has 24 heavy (non-hydrogen) atoms. The van der Waals surface area contributed by atoms with Gasteiger partial charge in [-0.2, -0.15) is 0 Å². The zero-order chi connectivity index (χ0) is 16.5. The molecule has 124 valence electrons. The van der Waals surface area contributed by atoms with Gasteiger partial charge in [0.2, 0.25) is 11.2 Å². The van der Waals surface area contributed by atoms with E-state index < -0.39 is 5.72 Å². The first-order chi connectivity index (χ1) is 11.6. The molecule has 1 aliphatic carbocycles. The van der Waals surface area contributed by atoms with Gasteiger partial charge in [-0.25, -0.2) is 0 Å². The van der Waals surface area contributed by atoms with E-state index in [-0.39, 0.29) is 16.8 Å². The fourth-order valence-electron chi connectivity index (χ4n) is 5.55. The molecule has 1 saturated carbocycles. The molecule has 5 rings (SSSR count). The van der Waals surface area contributed by atoms with Crippen LogP contribution in [0.15, 0.2) is 45.8 Å². The van der Waals surface area contributed by atoms with E-state index in [4.69, 9.17) is 9.15 Å². The Hall–Kier alpha value is -2.23. The lowest BCUT2D eigenvalue weighted by Gasteiger charge is -2.56. The summed E-state index contributed by atoms with van der Waals surface area (Å²) >= 11 is 0. The molecule has 0 amide bonds. The topological polar surface area (TPSA) is 42.7 Å². The maximum absolute atomic E-state index is 12.4. The zero-order valence-electron chi connectivity index (χ0n) is 14.0. The van der Waals surface area contributed by atoms with Crippen molar-refractivity contribution < 1.29 is 9.15 Å². The predicted molar refractivity (Wildman–Crippen MR) is 91.7 cm³/mol. The summed E-state index contributed by atoms with van der Waals surface area (Å²) in [6, 6.07) is 10.0. The second-order valence-corrected chi connectivity index (χ2v) is 7.34. The van der Waals surface area contributed by atoms with Crippen molar-refractivity contribution in [1.29, 1.82) is 0 Å². The van der Waals surface area contributed by atoms with Crippen molar-refractivity contribution in [2.45, 2.75) is 49.7 Å². The van der Waals surface area contributed by atoms with Crippen molar-refractivity contribution in [3.63, 3.8) is 0 Å². The van der Waals surface area contributed by atoms with E-state index in [1.807, 2.05) is 0 Å². The van der Waals surface area contributed by atoms with Gasteiger partial charge >= 0.3 is 0 Å². The Labute approximate surface area is 141 Å². The number of hydrogen-bond donors (Lipinski definition) is 0. The summed E-state index contributed by atoms with van der Waals surface area (Å²) in [5, 5.41) is 0. The van der Waals surface area contributed by atoms with Crippen molar-refractivity contribution in [1.82, 2.24) is 0 Å². The molecular formula is C20H21NO3. The average molecular weight is 323 g/mol. The summed E-state index contributed by atoms with van der Waals surface area (Å²) in [7, 11) is 2.11. The first-order valence-electron chi connectivity index (χ1n) is 8.76. The van der Waals surface area contributed by atoms with Crippen LogP contribution in [0.1, 0.15) is 49.8 Å². The maximum Gasteiger partial charge on any atom is 0.227 e. The van der Waals surface area contributed by atoms with Crippen LogP contribution in [-0.2, 0) is 5.41 Å². The van der Waals surface area contributed by atoms with Crippen LogP contribution in [0.3, 0.4) is 0 Å². The molecule has 0 bridgehead atoms. The summed E-state index contributed by atoms with van der Waals surface area (Å²) in [4.78, 5) is 14.7. The molecule has 3 heterocycles. The first-order valence-corrected chi connectivity index (χ1v) is 8.76. The van der Waals surface area contributed by atoms with Gasteiger partial charge in [-0.1, -0.05) is 31.5 Å². The zero-order valence-corrected chi connectivity index (χ0v) is 14.0. The van der Waals surface area contributed by atoms with Crippen LogP contribution in [0.5, 0.6) is 5.75 Å². The Balaban J connectivity index is 1.87. The molecule has 1 fully saturated rings. The van der Waals surface area contributed by atoms with Crippen LogP contribution >= 0.6 is 0 Å². The predicted octanol–water partition coefficient (Wildman–Crippen LogP) is 3.79. The molecule has 0 N–H and O–H groups in total. The SMILES string of the molecule is C[C@@H]1c2occc(=O)c2O[C@@]23CCCC[C@@]12c1ccccc1N3C. The highest BCUT2D eigenvalue weighted by atomic mass is 16.5. The number of nitrogens with zero attached hydrogens (tertiary/aromatic N) is 1. The molecule has 2 aliphatic heterocycles. The van der Waals surface area contributed by atoms with Crippen LogP contribution in [0, 0.1) is 0 Å². The Kier molecular flexibility index (Phi) is 2.61. The average Bonchev–Trinajstić information content (AvgIpc) is 2.84. The highest BCUT2D eigenvalue weighted by Gasteiger charge is 2.69. The van der Waals surface area contributed by atoms with Gasteiger partial charge in [0.25, 0.3) is 0 Å². The molecule has 2 aromatic rings. The van der Waals surface area contributed by atoms with E-state index in [1.165, 1.54) is 30.0 Å². The number of para-hydroxylation sites is 1. The lowest BCUT2D eigenvalue weighted by Crippen LogP contribution is -2.66. The van der Waals surface area contributed by atoms with Crippen LogP contribution < -0.4 is 15.1 Å². The second kappa shape index (κ2) is 4.44. The molecule has 0 radical (unpaired) electrons. The first kappa shape index (κ1) is 14.1. The quantitative estimate of drug-likeness (QED) is 0.740. The third-order valence-electron chi connectivity index (χ3n) is 6.59. The number of anilines is 1. The van der Waals surface area contributed by atoms with Crippen molar-refractivity contribution in [2.24, 2.45) is 0 Å². The molecule has 0 saturated heterocycles. The number of likely N-dealkylation sites (N-methyl/N-ethyl adjacent to an activating group) is 1. The fraction of sp³-hybridized carbons (Fsp3) is 0.450.